The fourth-order valence-corrected chi connectivity index (χ4v) is 36.1. The van der Waals surface area contributed by atoms with Crippen molar-refractivity contribution in [1.82, 2.24) is 0 Å². The Morgan fingerprint density at radius 2 is 0.622 bits per heavy atom. The van der Waals surface area contributed by atoms with Crippen molar-refractivity contribution in [2.24, 2.45) is 0 Å². The van der Waals surface area contributed by atoms with Crippen LogP contribution in [-0.4, -0.2) is 51.6 Å². The molecule has 0 fully saturated rings. The monoisotopic (exact) mass is 850 g/mol. The Morgan fingerprint density at radius 1 is 0.356 bits per heavy atom. The summed E-state index contributed by atoms with van der Waals surface area (Å²) in [6.45, 7) is 6.22. The van der Waals surface area contributed by atoms with Crippen molar-refractivity contribution in [3.8, 4) is 0 Å². The predicted molar refractivity (Wildman–Crippen MR) is 207 cm³/mol. The molecule has 0 radical (unpaired) electrons. The first-order valence-corrected chi connectivity index (χ1v) is 36.2. The Kier molecular flexibility index (Phi) is 35.5. The number of rotatable bonds is 36. The van der Waals surface area contributed by atoms with Crippen molar-refractivity contribution in [3.05, 3.63) is 24.3 Å². The van der Waals surface area contributed by atoms with Crippen LogP contribution in [0.5, 0.6) is 0 Å². The molecule has 0 saturated carbocycles. The van der Waals surface area contributed by atoms with E-state index in [0.717, 1.165) is 26.1 Å². The summed E-state index contributed by atoms with van der Waals surface area (Å²) in [7, 11) is 0. The molecule has 0 spiro atoms. The molecular formula is C40H82O3Sn2. The fourth-order valence-electron chi connectivity index (χ4n) is 5.87. The van der Waals surface area contributed by atoms with E-state index in [2.05, 4.69) is 57.9 Å². The van der Waals surface area contributed by atoms with Crippen LogP contribution in [-0.2, 0) is 7.56 Å². The molecule has 0 aliphatic rings. The average Bonchev–Trinajstić information content (AvgIpc) is 2.99. The molecular weight excluding hydrogens is 766 g/mol. The molecule has 0 aromatic rings. The van der Waals surface area contributed by atoms with E-state index >= 15 is 0 Å². The molecule has 0 N–H and O–H groups in total. The molecule has 0 saturated heterocycles. The fraction of sp³-hybridized carbons (Fsp3) is 0.900. The van der Waals surface area contributed by atoms with Crippen LogP contribution in [0.2, 0.25) is 19.8 Å². The number of hydrogen-bond acceptors (Lipinski definition) is 3. The first kappa shape index (κ1) is 46.0. The van der Waals surface area contributed by atoms with Crippen molar-refractivity contribution in [3.63, 3.8) is 0 Å². The van der Waals surface area contributed by atoms with Gasteiger partial charge in [0.25, 0.3) is 0 Å². The molecule has 0 aromatic heterocycles. The van der Waals surface area contributed by atoms with Crippen molar-refractivity contribution in [1.29, 1.82) is 0 Å². The molecule has 0 heterocycles. The number of allylic oxidation sites excluding steroid dienone is 4. The molecule has 0 bridgehead atoms. The molecule has 0 aromatic carbocycles. The van der Waals surface area contributed by atoms with E-state index in [4.69, 9.17) is 7.56 Å². The van der Waals surface area contributed by atoms with Crippen LogP contribution in [0.4, 0.5) is 0 Å². The predicted octanol–water partition coefficient (Wildman–Crippen LogP) is 14.5. The third kappa shape index (κ3) is 37.6. The molecule has 268 valence electrons. The van der Waals surface area contributed by atoms with Gasteiger partial charge in [-0.25, -0.2) is 0 Å². The zero-order valence-electron chi connectivity index (χ0n) is 31.7. The molecule has 0 atom stereocenters. The average molecular weight is 849 g/mol. The Morgan fingerprint density at radius 3 is 0.911 bits per heavy atom. The summed E-state index contributed by atoms with van der Waals surface area (Å²) < 4.78 is 19.6. The summed E-state index contributed by atoms with van der Waals surface area (Å²) in [6, 6.07) is 0. The molecule has 0 aliphatic carbocycles. The summed E-state index contributed by atoms with van der Waals surface area (Å²) in [4.78, 5) is 9.23. The summed E-state index contributed by atoms with van der Waals surface area (Å²) in [5, 5.41) is 0. The quantitative estimate of drug-likeness (QED) is 0.0357. The van der Waals surface area contributed by atoms with Gasteiger partial charge in [-0.15, -0.1) is 0 Å². The molecule has 0 unspecified atom stereocenters. The van der Waals surface area contributed by atoms with Gasteiger partial charge in [-0.3, -0.25) is 0 Å². The molecule has 0 aliphatic heterocycles. The van der Waals surface area contributed by atoms with E-state index in [-0.39, 0.29) is 0 Å². The third-order valence-electron chi connectivity index (χ3n) is 8.53. The minimum absolute atomic E-state index is 0.823. The van der Waals surface area contributed by atoms with Crippen LogP contribution in [0.3, 0.4) is 0 Å². The van der Waals surface area contributed by atoms with Gasteiger partial charge in [-0.05, 0) is 12.8 Å². The van der Waals surface area contributed by atoms with Crippen molar-refractivity contribution < 1.29 is 7.56 Å². The second kappa shape index (κ2) is 34.8. The van der Waals surface area contributed by atoms with Crippen LogP contribution < -0.4 is 0 Å². The maximum absolute atomic E-state index is 6.65. The molecule has 5 heteroatoms. The van der Waals surface area contributed by atoms with Crippen LogP contribution in [0, 0.1) is 0 Å². The third-order valence-corrected chi connectivity index (χ3v) is 34.3. The standard InChI is InChI=1S/2C18H35O.4CH3.O.2Sn/c2*1-2-3-4-5-6-7-8-9-10-11-12-13-14-15-16-17-18-19;;;;;;;/h2*9-10H,2-8,11-18H2,1H3;4*1H3;;;/q2*-1;;;;;;;+2. The van der Waals surface area contributed by atoms with Crippen molar-refractivity contribution >= 4 is 38.4 Å². The number of unbranched alkanes of at least 4 members (excludes halogenated alkanes) is 24. The first-order chi connectivity index (χ1) is 21.8. The van der Waals surface area contributed by atoms with E-state index in [9.17, 15) is 0 Å². The van der Waals surface area contributed by atoms with Gasteiger partial charge in [-0.1, -0.05) is 78.1 Å². The van der Waals surface area contributed by atoms with E-state index in [0.29, 0.717) is 0 Å². The summed E-state index contributed by atoms with van der Waals surface area (Å²) in [5.41, 5.74) is 0. The summed E-state index contributed by atoms with van der Waals surface area (Å²) in [5.74, 6) is 0. The van der Waals surface area contributed by atoms with Gasteiger partial charge in [0.2, 0.25) is 0 Å². The summed E-state index contributed by atoms with van der Waals surface area (Å²) in [6.07, 6.45) is 47.1. The van der Waals surface area contributed by atoms with Gasteiger partial charge in [0.05, 0.1) is 0 Å². The molecule has 0 rings (SSSR count). The van der Waals surface area contributed by atoms with Gasteiger partial charge in [0, 0.05) is 0 Å². The molecule has 0 amide bonds. The first-order valence-electron chi connectivity index (χ1n) is 20.1. The SMILES string of the molecule is CCCCCCCCC=CCCCCCCCC[O][Sn]([CH3])([O]CCCCCCCCC=CCCCCCCCC)[O][Sn]([CH3])([CH3])[CH3]. The van der Waals surface area contributed by atoms with Crippen molar-refractivity contribution in [2.45, 2.75) is 213 Å². The molecule has 3 nitrogen and oxygen atoms in total. The maximum atomic E-state index is 6.65. The van der Waals surface area contributed by atoms with Crippen LogP contribution in [0.15, 0.2) is 24.3 Å². The number of hydrogen-bond donors (Lipinski definition) is 0. The van der Waals surface area contributed by atoms with E-state index in [1.165, 1.54) is 167 Å². The van der Waals surface area contributed by atoms with Crippen LogP contribution >= 0.6 is 0 Å². The van der Waals surface area contributed by atoms with E-state index in [1.807, 2.05) is 0 Å². The zero-order chi connectivity index (χ0) is 33.2. The zero-order valence-corrected chi connectivity index (χ0v) is 37.5. The van der Waals surface area contributed by atoms with Gasteiger partial charge in [0.1, 0.15) is 0 Å². The van der Waals surface area contributed by atoms with E-state index in [1.54, 1.807) is 0 Å². The summed E-state index contributed by atoms with van der Waals surface area (Å²) >= 11 is -5.81. The Labute approximate surface area is 294 Å². The Balaban J connectivity index is 3.78. The van der Waals surface area contributed by atoms with Gasteiger partial charge >= 0.3 is 206 Å². The van der Waals surface area contributed by atoms with Crippen molar-refractivity contribution in [2.75, 3.05) is 13.2 Å². The van der Waals surface area contributed by atoms with Crippen LogP contribution in [0.25, 0.3) is 0 Å². The van der Waals surface area contributed by atoms with Gasteiger partial charge in [0.15, 0.2) is 0 Å². The Hall–Kier alpha value is 0.957. The minimum atomic E-state index is -3.38. The Bertz CT molecular complexity index is 600. The second-order valence-corrected chi connectivity index (χ2v) is 37.8. The normalized spacial score (nSPS) is 13.8. The van der Waals surface area contributed by atoms with Gasteiger partial charge in [-0.2, -0.15) is 0 Å². The second-order valence-electron chi connectivity index (χ2n) is 14.6. The molecule has 45 heavy (non-hydrogen) atoms. The van der Waals surface area contributed by atoms with E-state index < -0.39 is 38.4 Å². The van der Waals surface area contributed by atoms with Gasteiger partial charge < -0.3 is 0 Å². The topological polar surface area (TPSA) is 27.7 Å². The van der Waals surface area contributed by atoms with Crippen LogP contribution in [0.1, 0.15) is 194 Å².